The van der Waals surface area contributed by atoms with Crippen LogP contribution < -0.4 is 5.32 Å². The molecule has 2 rings (SSSR count). The van der Waals surface area contributed by atoms with Gasteiger partial charge in [0, 0.05) is 24.7 Å². The fourth-order valence-corrected chi connectivity index (χ4v) is 2.40. The van der Waals surface area contributed by atoms with Gasteiger partial charge in [-0.2, -0.15) is 0 Å². The van der Waals surface area contributed by atoms with Crippen LogP contribution in [0.4, 0.5) is 0 Å². The SMILES string of the molecule is CCCN(Cc1occc1CNC(C)C)CC1CC1. The van der Waals surface area contributed by atoms with Crippen molar-refractivity contribution in [3.63, 3.8) is 0 Å². The van der Waals surface area contributed by atoms with Crippen molar-refractivity contribution in [1.82, 2.24) is 10.2 Å². The molecule has 1 N–H and O–H groups in total. The van der Waals surface area contributed by atoms with Gasteiger partial charge < -0.3 is 9.73 Å². The second-order valence-electron chi connectivity index (χ2n) is 6.08. The molecule has 1 aromatic rings. The van der Waals surface area contributed by atoms with E-state index in [2.05, 4.69) is 37.1 Å². The molecule has 108 valence electrons. The Morgan fingerprint density at radius 3 is 2.84 bits per heavy atom. The first-order valence-corrected chi connectivity index (χ1v) is 7.70. The van der Waals surface area contributed by atoms with Crippen molar-refractivity contribution < 1.29 is 4.42 Å². The summed E-state index contributed by atoms with van der Waals surface area (Å²) < 4.78 is 5.69. The Balaban J connectivity index is 1.89. The standard InChI is InChI=1S/C16H28N2O/c1-4-8-18(11-14-5-6-14)12-16-15(7-9-19-16)10-17-13(2)3/h7,9,13-14,17H,4-6,8,10-12H2,1-3H3. The average molecular weight is 264 g/mol. The van der Waals surface area contributed by atoms with Gasteiger partial charge in [-0.1, -0.05) is 20.8 Å². The Bertz CT molecular complexity index is 369. The van der Waals surface area contributed by atoms with Crippen LogP contribution in [0.5, 0.6) is 0 Å². The Labute approximate surface area is 117 Å². The number of hydrogen-bond donors (Lipinski definition) is 1. The van der Waals surface area contributed by atoms with E-state index in [0.717, 1.165) is 24.8 Å². The minimum atomic E-state index is 0.515. The molecule has 0 atom stereocenters. The maximum absolute atomic E-state index is 5.69. The first-order valence-electron chi connectivity index (χ1n) is 7.70. The number of nitrogens with one attached hydrogen (secondary N) is 1. The van der Waals surface area contributed by atoms with Crippen LogP contribution >= 0.6 is 0 Å². The molecule has 1 saturated carbocycles. The normalized spacial score (nSPS) is 15.6. The minimum Gasteiger partial charge on any atom is -0.468 e. The summed E-state index contributed by atoms with van der Waals surface area (Å²) in [6.07, 6.45) is 5.88. The Kier molecular flexibility index (Phi) is 5.46. The van der Waals surface area contributed by atoms with E-state index < -0.39 is 0 Å². The van der Waals surface area contributed by atoms with Crippen molar-refractivity contribution in [1.29, 1.82) is 0 Å². The second kappa shape index (κ2) is 7.11. The first kappa shape index (κ1) is 14.6. The summed E-state index contributed by atoms with van der Waals surface area (Å²) in [6.45, 7) is 10.9. The molecule has 0 aliphatic heterocycles. The van der Waals surface area contributed by atoms with Crippen LogP contribution in [0.2, 0.25) is 0 Å². The van der Waals surface area contributed by atoms with Crippen LogP contribution in [-0.4, -0.2) is 24.0 Å². The molecule has 1 aliphatic carbocycles. The number of nitrogens with zero attached hydrogens (tertiary/aromatic N) is 1. The number of furan rings is 1. The van der Waals surface area contributed by atoms with Crippen molar-refractivity contribution in [2.24, 2.45) is 5.92 Å². The summed E-state index contributed by atoms with van der Waals surface area (Å²) in [6, 6.07) is 2.62. The fraction of sp³-hybridized carbons (Fsp3) is 0.750. The largest absolute Gasteiger partial charge is 0.468 e. The molecule has 1 fully saturated rings. The Morgan fingerprint density at radius 1 is 1.42 bits per heavy atom. The molecule has 1 aromatic heterocycles. The van der Waals surface area contributed by atoms with Gasteiger partial charge in [-0.25, -0.2) is 0 Å². The maximum atomic E-state index is 5.69. The summed E-state index contributed by atoms with van der Waals surface area (Å²) in [5.41, 5.74) is 1.31. The molecule has 1 heterocycles. The van der Waals surface area contributed by atoms with Crippen molar-refractivity contribution in [3.05, 3.63) is 23.7 Å². The third-order valence-electron chi connectivity index (χ3n) is 3.66. The van der Waals surface area contributed by atoms with Gasteiger partial charge in [-0.3, -0.25) is 4.90 Å². The molecular weight excluding hydrogens is 236 g/mol. The highest BCUT2D eigenvalue weighted by Gasteiger charge is 2.24. The van der Waals surface area contributed by atoms with Gasteiger partial charge in [0.05, 0.1) is 12.8 Å². The minimum absolute atomic E-state index is 0.515. The molecule has 3 nitrogen and oxygen atoms in total. The predicted molar refractivity (Wildman–Crippen MR) is 79.0 cm³/mol. The topological polar surface area (TPSA) is 28.4 Å². The van der Waals surface area contributed by atoms with Gasteiger partial charge in [0.1, 0.15) is 5.76 Å². The zero-order valence-corrected chi connectivity index (χ0v) is 12.6. The van der Waals surface area contributed by atoms with E-state index in [-0.39, 0.29) is 0 Å². The highest BCUT2D eigenvalue weighted by molar-refractivity contribution is 5.17. The smallest absolute Gasteiger partial charge is 0.122 e. The van der Waals surface area contributed by atoms with E-state index in [9.17, 15) is 0 Å². The Morgan fingerprint density at radius 2 is 2.21 bits per heavy atom. The average Bonchev–Trinajstić information content (AvgIpc) is 3.05. The molecule has 0 saturated heterocycles. The predicted octanol–water partition coefficient (Wildman–Crippen LogP) is 3.40. The molecule has 0 spiro atoms. The van der Waals surface area contributed by atoms with E-state index in [0.29, 0.717) is 6.04 Å². The maximum Gasteiger partial charge on any atom is 0.122 e. The fourth-order valence-electron chi connectivity index (χ4n) is 2.40. The summed E-state index contributed by atoms with van der Waals surface area (Å²) in [7, 11) is 0. The lowest BCUT2D eigenvalue weighted by Crippen LogP contribution is -2.27. The molecule has 0 amide bonds. The van der Waals surface area contributed by atoms with E-state index in [4.69, 9.17) is 4.42 Å². The van der Waals surface area contributed by atoms with Crippen molar-refractivity contribution in [2.75, 3.05) is 13.1 Å². The Hall–Kier alpha value is -0.800. The van der Waals surface area contributed by atoms with Crippen LogP contribution in [0.15, 0.2) is 16.7 Å². The van der Waals surface area contributed by atoms with E-state index in [1.54, 1.807) is 0 Å². The second-order valence-corrected chi connectivity index (χ2v) is 6.08. The highest BCUT2D eigenvalue weighted by Crippen LogP contribution is 2.30. The first-order chi connectivity index (χ1) is 9.19. The molecule has 0 aromatic carbocycles. The van der Waals surface area contributed by atoms with Crippen LogP contribution in [0.3, 0.4) is 0 Å². The quantitative estimate of drug-likeness (QED) is 0.741. The van der Waals surface area contributed by atoms with Gasteiger partial charge in [0.2, 0.25) is 0 Å². The van der Waals surface area contributed by atoms with Crippen LogP contribution in [0.25, 0.3) is 0 Å². The van der Waals surface area contributed by atoms with Crippen LogP contribution in [0.1, 0.15) is 51.4 Å². The molecule has 0 radical (unpaired) electrons. The lowest BCUT2D eigenvalue weighted by atomic mass is 10.2. The molecule has 0 unspecified atom stereocenters. The zero-order chi connectivity index (χ0) is 13.7. The summed E-state index contributed by atoms with van der Waals surface area (Å²) in [5, 5.41) is 3.47. The van der Waals surface area contributed by atoms with Gasteiger partial charge in [0.15, 0.2) is 0 Å². The molecule has 0 bridgehead atoms. The lowest BCUT2D eigenvalue weighted by molar-refractivity contribution is 0.233. The van der Waals surface area contributed by atoms with Gasteiger partial charge in [-0.15, -0.1) is 0 Å². The third-order valence-corrected chi connectivity index (χ3v) is 3.66. The van der Waals surface area contributed by atoms with Crippen molar-refractivity contribution in [3.8, 4) is 0 Å². The molecular formula is C16H28N2O. The van der Waals surface area contributed by atoms with E-state index in [1.807, 2.05) is 6.26 Å². The van der Waals surface area contributed by atoms with Crippen LogP contribution in [-0.2, 0) is 13.1 Å². The van der Waals surface area contributed by atoms with E-state index >= 15 is 0 Å². The lowest BCUT2D eigenvalue weighted by Gasteiger charge is -2.21. The zero-order valence-electron chi connectivity index (χ0n) is 12.6. The molecule has 19 heavy (non-hydrogen) atoms. The molecule has 1 aliphatic rings. The summed E-state index contributed by atoms with van der Waals surface area (Å²) >= 11 is 0. The van der Waals surface area contributed by atoms with Crippen molar-refractivity contribution >= 4 is 0 Å². The monoisotopic (exact) mass is 264 g/mol. The number of rotatable bonds is 9. The van der Waals surface area contributed by atoms with Gasteiger partial charge in [0.25, 0.3) is 0 Å². The molecule has 3 heteroatoms. The third kappa shape index (κ3) is 5.00. The highest BCUT2D eigenvalue weighted by atomic mass is 16.3. The number of hydrogen-bond acceptors (Lipinski definition) is 3. The van der Waals surface area contributed by atoms with Gasteiger partial charge in [-0.05, 0) is 37.8 Å². The van der Waals surface area contributed by atoms with Gasteiger partial charge >= 0.3 is 0 Å². The van der Waals surface area contributed by atoms with Crippen molar-refractivity contribution in [2.45, 2.75) is 59.2 Å². The summed E-state index contributed by atoms with van der Waals surface area (Å²) in [5.74, 6) is 2.08. The van der Waals surface area contributed by atoms with E-state index in [1.165, 1.54) is 37.9 Å². The summed E-state index contributed by atoms with van der Waals surface area (Å²) in [4.78, 5) is 2.55. The van der Waals surface area contributed by atoms with Crippen LogP contribution in [0, 0.1) is 5.92 Å².